The van der Waals surface area contributed by atoms with E-state index in [4.69, 9.17) is 9.47 Å². The summed E-state index contributed by atoms with van der Waals surface area (Å²) < 4.78 is 37.8. The number of carbonyl (C=O) groups is 1. The number of hydrogen-bond acceptors (Lipinski definition) is 5. The largest absolute Gasteiger partial charge is 0.497 e. The van der Waals surface area contributed by atoms with Crippen LogP contribution in [0.15, 0.2) is 47.4 Å². The van der Waals surface area contributed by atoms with Crippen LogP contribution < -0.4 is 19.5 Å². The third kappa shape index (κ3) is 3.77. The molecule has 0 radical (unpaired) electrons. The van der Waals surface area contributed by atoms with E-state index in [0.29, 0.717) is 17.0 Å². The van der Waals surface area contributed by atoms with Crippen molar-refractivity contribution in [3.63, 3.8) is 0 Å². The van der Waals surface area contributed by atoms with Crippen molar-refractivity contribution < 1.29 is 22.7 Å². The van der Waals surface area contributed by atoms with Gasteiger partial charge < -0.3 is 14.8 Å². The molecule has 0 saturated carbocycles. The predicted octanol–water partition coefficient (Wildman–Crippen LogP) is 1.86. The highest BCUT2D eigenvalue weighted by Crippen LogP contribution is 2.29. The van der Waals surface area contributed by atoms with Crippen LogP contribution in [-0.2, 0) is 10.0 Å². The molecule has 0 atom stereocenters. The predicted molar refractivity (Wildman–Crippen MR) is 90.2 cm³/mol. The number of sulfonamides is 1. The van der Waals surface area contributed by atoms with Crippen molar-refractivity contribution in [2.24, 2.45) is 0 Å². The molecule has 1 amide bonds. The van der Waals surface area contributed by atoms with Gasteiger partial charge in [0.1, 0.15) is 16.4 Å². The van der Waals surface area contributed by atoms with E-state index in [1.165, 1.54) is 57.7 Å². The van der Waals surface area contributed by atoms with Gasteiger partial charge in [0, 0.05) is 24.4 Å². The van der Waals surface area contributed by atoms with Crippen molar-refractivity contribution in [1.29, 1.82) is 0 Å². The zero-order valence-corrected chi connectivity index (χ0v) is 14.3. The Bertz CT molecular complexity index is 832. The van der Waals surface area contributed by atoms with Crippen LogP contribution in [-0.4, -0.2) is 35.6 Å². The van der Waals surface area contributed by atoms with Crippen molar-refractivity contribution >= 4 is 21.6 Å². The summed E-state index contributed by atoms with van der Waals surface area (Å²) >= 11 is 0. The Morgan fingerprint density at radius 1 is 1.00 bits per heavy atom. The van der Waals surface area contributed by atoms with Crippen molar-refractivity contribution in [2.75, 3.05) is 26.0 Å². The molecule has 0 aliphatic carbocycles. The van der Waals surface area contributed by atoms with Gasteiger partial charge in [-0.1, -0.05) is 0 Å². The first kappa shape index (κ1) is 17.6. The van der Waals surface area contributed by atoms with Gasteiger partial charge in [-0.05, 0) is 36.4 Å². The van der Waals surface area contributed by atoms with Crippen molar-refractivity contribution in [1.82, 2.24) is 5.32 Å². The zero-order valence-electron chi connectivity index (χ0n) is 13.5. The minimum atomic E-state index is -3.88. The summed E-state index contributed by atoms with van der Waals surface area (Å²) in [6.45, 7) is 0. The number of nitrogens with one attached hydrogen (secondary N) is 2. The lowest BCUT2D eigenvalue weighted by Crippen LogP contribution is -2.18. The second-order valence-electron chi connectivity index (χ2n) is 4.78. The average Bonchev–Trinajstić information content (AvgIpc) is 2.60. The Labute approximate surface area is 140 Å². The zero-order chi connectivity index (χ0) is 17.7. The molecule has 0 aliphatic rings. The van der Waals surface area contributed by atoms with Crippen molar-refractivity contribution in [2.45, 2.75) is 4.90 Å². The molecule has 2 aromatic carbocycles. The molecule has 128 valence electrons. The van der Waals surface area contributed by atoms with Gasteiger partial charge in [-0.25, -0.2) is 8.42 Å². The van der Waals surface area contributed by atoms with E-state index in [-0.39, 0.29) is 16.6 Å². The topological polar surface area (TPSA) is 93.7 Å². The highest BCUT2D eigenvalue weighted by molar-refractivity contribution is 7.92. The third-order valence-corrected chi connectivity index (χ3v) is 4.69. The van der Waals surface area contributed by atoms with Crippen LogP contribution in [0.2, 0.25) is 0 Å². The number of hydrogen-bond donors (Lipinski definition) is 2. The van der Waals surface area contributed by atoms with E-state index in [0.717, 1.165) is 0 Å². The lowest BCUT2D eigenvalue weighted by atomic mass is 10.2. The molecule has 0 fully saturated rings. The van der Waals surface area contributed by atoms with Gasteiger partial charge in [-0.3, -0.25) is 9.52 Å². The summed E-state index contributed by atoms with van der Waals surface area (Å²) in [6, 6.07) is 10.6. The van der Waals surface area contributed by atoms with E-state index < -0.39 is 10.0 Å². The van der Waals surface area contributed by atoms with Crippen LogP contribution in [0.1, 0.15) is 10.4 Å². The van der Waals surface area contributed by atoms with Gasteiger partial charge in [-0.15, -0.1) is 0 Å². The number of ether oxygens (including phenoxy) is 2. The second-order valence-corrected chi connectivity index (χ2v) is 6.43. The smallest absolute Gasteiger partial charge is 0.265 e. The molecular formula is C16H18N2O5S. The maximum atomic E-state index is 12.6. The Hall–Kier alpha value is -2.74. The molecule has 0 unspecified atom stereocenters. The molecule has 0 aliphatic heterocycles. The summed E-state index contributed by atoms with van der Waals surface area (Å²) in [7, 11) is 0.474. The van der Waals surface area contributed by atoms with E-state index in [2.05, 4.69) is 10.0 Å². The molecule has 2 N–H and O–H groups in total. The SMILES string of the molecule is CNC(=O)c1ccc(NS(=O)(=O)c2cc(OC)ccc2OC)cc1. The Kier molecular flexibility index (Phi) is 5.30. The molecule has 2 aromatic rings. The lowest BCUT2D eigenvalue weighted by molar-refractivity contribution is 0.0963. The fraction of sp³-hybridized carbons (Fsp3) is 0.188. The van der Waals surface area contributed by atoms with Crippen LogP contribution in [0.5, 0.6) is 11.5 Å². The molecular weight excluding hydrogens is 332 g/mol. The van der Waals surface area contributed by atoms with Gasteiger partial charge in [0.15, 0.2) is 0 Å². The molecule has 0 spiro atoms. The minimum absolute atomic E-state index is 0.0419. The summed E-state index contributed by atoms with van der Waals surface area (Å²) in [5.74, 6) is 0.343. The van der Waals surface area contributed by atoms with Gasteiger partial charge >= 0.3 is 0 Å². The standard InChI is InChI=1S/C16H18N2O5S/c1-17-16(19)11-4-6-12(7-5-11)18-24(20,21)15-10-13(22-2)8-9-14(15)23-3/h4-10,18H,1-3H3,(H,17,19). The normalized spacial score (nSPS) is 10.8. The highest BCUT2D eigenvalue weighted by atomic mass is 32.2. The van der Waals surface area contributed by atoms with Crippen LogP contribution in [0, 0.1) is 0 Å². The number of carbonyl (C=O) groups excluding carboxylic acids is 1. The number of rotatable bonds is 6. The summed E-state index contributed by atoms with van der Waals surface area (Å²) in [4.78, 5) is 11.5. The van der Waals surface area contributed by atoms with Crippen LogP contribution in [0.3, 0.4) is 0 Å². The maximum Gasteiger partial charge on any atom is 0.265 e. The number of anilines is 1. The molecule has 0 heterocycles. The third-order valence-electron chi connectivity index (χ3n) is 3.29. The Morgan fingerprint density at radius 3 is 2.21 bits per heavy atom. The monoisotopic (exact) mass is 350 g/mol. The maximum absolute atomic E-state index is 12.6. The summed E-state index contributed by atoms with van der Waals surface area (Å²) in [5, 5.41) is 2.49. The lowest BCUT2D eigenvalue weighted by Gasteiger charge is -2.13. The first-order chi connectivity index (χ1) is 11.4. The van der Waals surface area contributed by atoms with Gasteiger partial charge in [0.25, 0.3) is 15.9 Å². The van der Waals surface area contributed by atoms with Crippen molar-refractivity contribution in [3.05, 3.63) is 48.0 Å². The molecule has 0 bridgehead atoms. The Morgan fingerprint density at radius 2 is 1.67 bits per heavy atom. The first-order valence-electron chi connectivity index (χ1n) is 6.98. The van der Waals surface area contributed by atoms with Crippen LogP contribution in [0.4, 0.5) is 5.69 Å². The molecule has 0 aromatic heterocycles. The molecule has 24 heavy (non-hydrogen) atoms. The van der Waals surface area contributed by atoms with Crippen LogP contribution in [0.25, 0.3) is 0 Å². The molecule has 0 saturated heterocycles. The second kappa shape index (κ2) is 7.22. The van der Waals surface area contributed by atoms with Gasteiger partial charge in [0.05, 0.1) is 14.2 Å². The van der Waals surface area contributed by atoms with Gasteiger partial charge in [-0.2, -0.15) is 0 Å². The molecule has 8 heteroatoms. The van der Waals surface area contributed by atoms with E-state index in [9.17, 15) is 13.2 Å². The van der Waals surface area contributed by atoms with E-state index in [1.54, 1.807) is 6.07 Å². The number of benzene rings is 2. The van der Waals surface area contributed by atoms with Gasteiger partial charge in [0.2, 0.25) is 0 Å². The average molecular weight is 350 g/mol. The van der Waals surface area contributed by atoms with E-state index >= 15 is 0 Å². The first-order valence-corrected chi connectivity index (χ1v) is 8.46. The minimum Gasteiger partial charge on any atom is -0.497 e. The fourth-order valence-corrected chi connectivity index (χ4v) is 3.28. The number of methoxy groups -OCH3 is 2. The Balaban J connectivity index is 2.33. The molecule has 2 rings (SSSR count). The fourth-order valence-electron chi connectivity index (χ4n) is 2.04. The summed E-state index contributed by atoms with van der Waals surface area (Å²) in [5.41, 5.74) is 0.756. The highest BCUT2D eigenvalue weighted by Gasteiger charge is 2.21. The quantitative estimate of drug-likeness (QED) is 0.829. The van der Waals surface area contributed by atoms with Crippen LogP contribution >= 0.6 is 0 Å². The van der Waals surface area contributed by atoms with E-state index in [1.807, 2.05) is 0 Å². The van der Waals surface area contributed by atoms with Crippen molar-refractivity contribution in [3.8, 4) is 11.5 Å². The number of amides is 1. The molecule has 7 nitrogen and oxygen atoms in total. The summed E-state index contributed by atoms with van der Waals surface area (Å²) in [6.07, 6.45) is 0.